The first-order valence-corrected chi connectivity index (χ1v) is 9.62. The van der Waals surface area contributed by atoms with Crippen LogP contribution in [-0.4, -0.2) is 31.2 Å². The van der Waals surface area contributed by atoms with Gasteiger partial charge in [-0.1, -0.05) is 42.1 Å². The van der Waals surface area contributed by atoms with Crippen molar-refractivity contribution in [3.05, 3.63) is 51.1 Å². The van der Waals surface area contributed by atoms with Gasteiger partial charge in [0.2, 0.25) is 0 Å². The van der Waals surface area contributed by atoms with Gasteiger partial charge in [0.1, 0.15) is 0 Å². The monoisotopic (exact) mass is 373 g/mol. The molecule has 5 nitrogen and oxygen atoms in total. The number of aromatic nitrogens is 4. The lowest BCUT2D eigenvalue weighted by Crippen LogP contribution is -2.30. The highest BCUT2D eigenvalue weighted by molar-refractivity contribution is 7.05. The van der Waals surface area contributed by atoms with E-state index in [9.17, 15) is 0 Å². The average molecular weight is 374 g/mol. The van der Waals surface area contributed by atoms with Crippen LogP contribution < -0.4 is 0 Å². The molecule has 3 heterocycles. The number of hydrogen-bond acceptors (Lipinski definition) is 5. The second kappa shape index (κ2) is 6.86. The van der Waals surface area contributed by atoms with Gasteiger partial charge in [-0.2, -0.15) is 5.10 Å². The number of aromatic amines is 1. The van der Waals surface area contributed by atoms with Crippen LogP contribution in [0.4, 0.5) is 0 Å². The van der Waals surface area contributed by atoms with Crippen molar-refractivity contribution in [1.82, 2.24) is 24.7 Å². The second-order valence-electron chi connectivity index (χ2n) is 6.73. The maximum atomic E-state index is 6.01. The van der Waals surface area contributed by atoms with Gasteiger partial charge in [-0.15, -0.1) is 5.10 Å². The number of fused-ring (bicyclic) bond motifs is 1. The van der Waals surface area contributed by atoms with E-state index in [0.29, 0.717) is 5.92 Å². The lowest BCUT2D eigenvalue weighted by atomic mass is 10.0. The molecule has 4 rings (SSSR count). The zero-order valence-electron chi connectivity index (χ0n) is 14.3. The summed E-state index contributed by atoms with van der Waals surface area (Å²) in [6.45, 7) is 7.15. The fourth-order valence-electron chi connectivity index (χ4n) is 3.30. The molecule has 25 heavy (non-hydrogen) atoms. The van der Waals surface area contributed by atoms with Crippen LogP contribution in [0.1, 0.15) is 41.6 Å². The Morgan fingerprint density at radius 1 is 1.28 bits per heavy atom. The molecule has 7 heteroatoms. The molecule has 1 aliphatic heterocycles. The number of nitrogens with zero attached hydrogens (tertiary/aromatic N) is 4. The van der Waals surface area contributed by atoms with E-state index >= 15 is 0 Å². The number of benzene rings is 1. The fourth-order valence-corrected chi connectivity index (χ4v) is 4.26. The van der Waals surface area contributed by atoms with Crippen LogP contribution in [0.25, 0.3) is 11.3 Å². The standard InChI is InChI=1S/C18H20ClN5S/c1-11(2)17-16(25-23-22-17)10-24-8-7-15-14(9-24)18(21-20-15)12-3-5-13(19)6-4-12/h3-6,11H,7-10H2,1-2H3,(H,20,21). The fraction of sp³-hybridized carbons (Fsp3) is 0.389. The summed E-state index contributed by atoms with van der Waals surface area (Å²) in [4.78, 5) is 3.73. The zero-order valence-corrected chi connectivity index (χ0v) is 15.9. The van der Waals surface area contributed by atoms with E-state index in [4.69, 9.17) is 11.6 Å². The van der Waals surface area contributed by atoms with Gasteiger partial charge >= 0.3 is 0 Å². The first-order valence-electron chi connectivity index (χ1n) is 8.47. The summed E-state index contributed by atoms with van der Waals surface area (Å²) in [6, 6.07) is 7.89. The molecule has 0 aliphatic carbocycles. The molecular formula is C18H20ClN5S. The summed E-state index contributed by atoms with van der Waals surface area (Å²) in [5, 5.41) is 12.8. The van der Waals surface area contributed by atoms with Gasteiger partial charge in [0, 0.05) is 47.9 Å². The minimum absolute atomic E-state index is 0.410. The first kappa shape index (κ1) is 16.7. The normalized spacial score (nSPS) is 14.9. The molecule has 0 radical (unpaired) electrons. The van der Waals surface area contributed by atoms with E-state index < -0.39 is 0 Å². The van der Waals surface area contributed by atoms with Gasteiger partial charge in [-0.3, -0.25) is 10.00 Å². The molecule has 0 fully saturated rings. The Hall–Kier alpha value is -1.76. The van der Waals surface area contributed by atoms with Crippen molar-refractivity contribution in [2.45, 2.75) is 39.3 Å². The van der Waals surface area contributed by atoms with Crippen LogP contribution >= 0.6 is 23.1 Å². The third-order valence-corrected chi connectivity index (χ3v) is 5.60. The van der Waals surface area contributed by atoms with Gasteiger partial charge < -0.3 is 0 Å². The SMILES string of the molecule is CC(C)c1nnsc1CN1CCc2[nH]nc(-c3ccc(Cl)cc3)c2C1. The molecule has 0 saturated heterocycles. The number of H-pyrrole nitrogens is 1. The van der Waals surface area contributed by atoms with E-state index in [-0.39, 0.29) is 0 Å². The smallest absolute Gasteiger partial charge is 0.0968 e. The summed E-state index contributed by atoms with van der Waals surface area (Å²) in [6.07, 6.45) is 0.985. The van der Waals surface area contributed by atoms with E-state index in [1.807, 2.05) is 24.3 Å². The molecule has 1 aliphatic rings. The van der Waals surface area contributed by atoms with E-state index in [1.54, 1.807) is 0 Å². The Kier molecular flexibility index (Phi) is 4.58. The molecular weight excluding hydrogens is 354 g/mol. The highest BCUT2D eigenvalue weighted by atomic mass is 35.5. The molecule has 1 aromatic carbocycles. The highest BCUT2D eigenvalue weighted by Crippen LogP contribution is 2.30. The summed E-state index contributed by atoms with van der Waals surface area (Å²) in [7, 11) is 0. The predicted octanol–water partition coefficient (Wildman–Crippen LogP) is 4.26. The molecule has 0 amide bonds. The molecule has 1 N–H and O–H groups in total. The Morgan fingerprint density at radius 3 is 2.84 bits per heavy atom. The second-order valence-corrected chi connectivity index (χ2v) is 8.01. The summed E-state index contributed by atoms with van der Waals surface area (Å²) < 4.78 is 4.15. The van der Waals surface area contributed by atoms with Crippen molar-refractivity contribution in [3.8, 4) is 11.3 Å². The van der Waals surface area contributed by atoms with Gasteiger partial charge in [-0.25, -0.2) is 0 Å². The van der Waals surface area contributed by atoms with Crippen LogP contribution in [0.3, 0.4) is 0 Å². The first-order chi connectivity index (χ1) is 12.1. The van der Waals surface area contributed by atoms with Gasteiger partial charge in [0.25, 0.3) is 0 Å². The Bertz CT molecular complexity index is 868. The molecule has 0 atom stereocenters. The maximum Gasteiger partial charge on any atom is 0.0968 e. The number of nitrogens with one attached hydrogen (secondary N) is 1. The minimum atomic E-state index is 0.410. The molecule has 0 unspecified atom stereocenters. The molecule has 0 bridgehead atoms. The van der Waals surface area contributed by atoms with Crippen molar-refractivity contribution < 1.29 is 0 Å². The number of halogens is 1. The highest BCUT2D eigenvalue weighted by Gasteiger charge is 2.24. The number of rotatable bonds is 4. The summed E-state index contributed by atoms with van der Waals surface area (Å²) in [5.74, 6) is 0.410. The van der Waals surface area contributed by atoms with Gasteiger partial charge in [0.15, 0.2) is 0 Å². The zero-order chi connectivity index (χ0) is 17.4. The van der Waals surface area contributed by atoms with Crippen LogP contribution in [-0.2, 0) is 19.5 Å². The molecule has 130 valence electrons. The van der Waals surface area contributed by atoms with E-state index in [0.717, 1.165) is 48.0 Å². The van der Waals surface area contributed by atoms with Crippen LogP contribution in [0.15, 0.2) is 24.3 Å². The lowest BCUT2D eigenvalue weighted by molar-refractivity contribution is 0.246. The van der Waals surface area contributed by atoms with Gasteiger partial charge in [0.05, 0.1) is 16.3 Å². The van der Waals surface area contributed by atoms with Crippen molar-refractivity contribution in [2.24, 2.45) is 0 Å². The van der Waals surface area contributed by atoms with Crippen molar-refractivity contribution in [1.29, 1.82) is 0 Å². The average Bonchev–Trinajstić information content (AvgIpc) is 3.22. The maximum absolute atomic E-state index is 6.01. The summed E-state index contributed by atoms with van der Waals surface area (Å²) in [5.41, 5.74) is 5.79. The Labute approximate surface area is 156 Å². The van der Waals surface area contributed by atoms with Crippen molar-refractivity contribution >= 4 is 23.1 Å². The molecule has 3 aromatic rings. The topological polar surface area (TPSA) is 57.7 Å². The van der Waals surface area contributed by atoms with Crippen molar-refractivity contribution in [2.75, 3.05) is 6.54 Å². The van der Waals surface area contributed by atoms with E-state index in [1.165, 1.54) is 27.7 Å². The lowest BCUT2D eigenvalue weighted by Gasteiger charge is -2.26. The predicted molar refractivity (Wildman–Crippen MR) is 101 cm³/mol. The van der Waals surface area contributed by atoms with E-state index in [2.05, 4.69) is 38.5 Å². The third-order valence-electron chi connectivity index (χ3n) is 4.63. The third kappa shape index (κ3) is 3.34. The molecule has 0 saturated carbocycles. The van der Waals surface area contributed by atoms with Crippen molar-refractivity contribution in [3.63, 3.8) is 0 Å². The largest absolute Gasteiger partial charge is 0.293 e. The Morgan fingerprint density at radius 2 is 2.08 bits per heavy atom. The molecule has 0 spiro atoms. The van der Waals surface area contributed by atoms with Gasteiger partial charge in [-0.05, 0) is 29.6 Å². The summed E-state index contributed by atoms with van der Waals surface area (Å²) >= 11 is 7.53. The quantitative estimate of drug-likeness (QED) is 0.742. The van der Waals surface area contributed by atoms with Crippen LogP contribution in [0, 0.1) is 0 Å². The molecule has 2 aromatic heterocycles. The minimum Gasteiger partial charge on any atom is -0.293 e. The van der Waals surface area contributed by atoms with Crippen LogP contribution in [0.5, 0.6) is 0 Å². The number of hydrogen-bond donors (Lipinski definition) is 1. The Balaban J connectivity index is 1.57. The van der Waals surface area contributed by atoms with Crippen LogP contribution in [0.2, 0.25) is 5.02 Å².